The van der Waals surface area contributed by atoms with E-state index in [0.29, 0.717) is 21.6 Å². The molecule has 0 saturated carbocycles. The average Bonchev–Trinajstić information content (AvgIpc) is 2.82. The predicted molar refractivity (Wildman–Crippen MR) is 93.4 cm³/mol. The van der Waals surface area contributed by atoms with E-state index >= 15 is 0 Å². The first kappa shape index (κ1) is 16.5. The number of halogens is 1. The number of ether oxygens (including phenoxy) is 1. The van der Waals surface area contributed by atoms with Gasteiger partial charge in [0.1, 0.15) is 11.9 Å². The van der Waals surface area contributed by atoms with E-state index in [1.807, 2.05) is 4.57 Å². The highest BCUT2D eigenvalue weighted by Crippen LogP contribution is 2.34. The molecule has 0 atom stereocenters. The Morgan fingerprint density at radius 2 is 2.21 bits per heavy atom. The second-order valence-corrected chi connectivity index (χ2v) is 6.47. The van der Waals surface area contributed by atoms with Crippen molar-refractivity contribution in [1.82, 2.24) is 14.8 Å². The van der Waals surface area contributed by atoms with Crippen LogP contribution in [0.25, 0.3) is 11.6 Å². The maximum absolute atomic E-state index is 9.81. The van der Waals surface area contributed by atoms with Gasteiger partial charge in [0.2, 0.25) is 0 Å². The first-order chi connectivity index (χ1) is 11.6. The van der Waals surface area contributed by atoms with Crippen molar-refractivity contribution >= 4 is 27.6 Å². The lowest BCUT2D eigenvalue weighted by molar-refractivity contribution is 0.373. The number of rotatable bonds is 3. The molecule has 1 aromatic heterocycles. The summed E-state index contributed by atoms with van der Waals surface area (Å²) in [5.74, 6) is 1.91. The van der Waals surface area contributed by atoms with E-state index in [2.05, 4.69) is 32.2 Å². The number of allylic oxidation sites excluding steroid dienone is 1. The van der Waals surface area contributed by atoms with Crippen LogP contribution in [0.1, 0.15) is 36.5 Å². The molecule has 0 amide bonds. The number of phenols is 1. The summed E-state index contributed by atoms with van der Waals surface area (Å²) in [7, 11) is 1.49. The van der Waals surface area contributed by atoms with Crippen LogP contribution in [-0.4, -0.2) is 27.0 Å². The van der Waals surface area contributed by atoms with Gasteiger partial charge in [-0.1, -0.05) is 22.4 Å². The molecular weight excluding hydrogens is 372 g/mol. The molecule has 0 radical (unpaired) electrons. The van der Waals surface area contributed by atoms with Crippen LogP contribution in [0.15, 0.2) is 16.6 Å². The van der Waals surface area contributed by atoms with Gasteiger partial charge < -0.3 is 14.4 Å². The zero-order valence-electron chi connectivity index (χ0n) is 13.3. The average molecular weight is 389 g/mol. The summed E-state index contributed by atoms with van der Waals surface area (Å²) in [6.07, 6.45) is 5.95. The van der Waals surface area contributed by atoms with Gasteiger partial charge in [-0.25, -0.2) is 0 Å². The minimum Gasteiger partial charge on any atom is -0.504 e. The molecule has 0 saturated heterocycles. The highest BCUT2D eigenvalue weighted by Gasteiger charge is 2.18. The van der Waals surface area contributed by atoms with Crippen LogP contribution in [-0.2, 0) is 13.0 Å². The lowest BCUT2D eigenvalue weighted by atomic mass is 10.1. The smallest absolute Gasteiger partial charge is 0.174 e. The van der Waals surface area contributed by atoms with Crippen molar-refractivity contribution in [3.8, 4) is 17.6 Å². The molecular formula is C17H17BrN4O2. The van der Waals surface area contributed by atoms with Crippen LogP contribution in [0.2, 0.25) is 0 Å². The van der Waals surface area contributed by atoms with E-state index in [4.69, 9.17) is 4.74 Å². The normalized spacial score (nSPS) is 14.6. The molecule has 0 aliphatic carbocycles. The molecule has 0 fully saturated rings. The van der Waals surface area contributed by atoms with Crippen molar-refractivity contribution in [3.63, 3.8) is 0 Å². The summed E-state index contributed by atoms with van der Waals surface area (Å²) in [4.78, 5) is 0. The van der Waals surface area contributed by atoms with Crippen molar-refractivity contribution in [1.29, 1.82) is 5.26 Å². The fourth-order valence-electron chi connectivity index (χ4n) is 2.82. The lowest BCUT2D eigenvalue weighted by Gasteiger charge is -2.08. The van der Waals surface area contributed by atoms with Gasteiger partial charge >= 0.3 is 0 Å². The van der Waals surface area contributed by atoms with Crippen molar-refractivity contribution in [2.45, 2.75) is 32.2 Å². The maximum atomic E-state index is 9.81. The third-order valence-corrected chi connectivity index (χ3v) is 4.76. The monoisotopic (exact) mass is 388 g/mol. The molecule has 2 heterocycles. The molecule has 2 aromatic rings. The Labute approximate surface area is 148 Å². The first-order valence-corrected chi connectivity index (χ1v) is 8.54. The third-order valence-electron chi connectivity index (χ3n) is 4.07. The van der Waals surface area contributed by atoms with Gasteiger partial charge in [0, 0.05) is 17.4 Å². The second kappa shape index (κ2) is 7.05. The summed E-state index contributed by atoms with van der Waals surface area (Å²) in [6, 6.07) is 5.44. The van der Waals surface area contributed by atoms with Crippen molar-refractivity contribution in [2.24, 2.45) is 0 Å². The van der Waals surface area contributed by atoms with E-state index in [0.717, 1.165) is 43.6 Å². The fourth-order valence-corrected chi connectivity index (χ4v) is 3.27. The van der Waals surface area contributed by atoms with Crippen LogP contribution < -0.4 is 4.74 Å². The largest absolute Gasteiger partial charge is 0.504 e. The molecule has 1 N–H and O–H groups in total. The number of fused-ring (bicyclic) bond motifs is 1. The fraction of sp³-hybridized carbons (Fsp3) is 0.353. The highest BCUT2D eigenvalue weighted by atomic mass is 79.9. The van der Waals surface area contributed by atoms with Crippen LogP contribution in [0.4, 0.5) is 0 Å². The minimum absolute atomic E-state index is 0.0383. The van der Waals surface area contributed by atoms with Gasteiger partial charge in [-0.15, -0.1) is 10.2 Å². The first-order valence-electron chi connectivity index (χ1n) is 7.74. The number of nitrogens with zero attached hydrogens (tertiary/aromatic N) is 4. The summed E-state index contributed by atoms with van der Waals surface area (Å²) in [5, 5.41) is 27.9. The SMILES string of the molecule is COc1cc(/C=C(\C#N)c2nnc3n2CCCCC3)c(Br)cc1O. The van der Waals surface area contributed by atoms with E-state index in [1.165, 1.54) is 7.11 Å². The molecule has 6 nitrogen and oxygen atoms in total. The molecule has 7 heteroatoms. The van der Waals surface area contributed by atoms with Crippen LogP contribution in [0, 0.1) is 11.3 Å². The van der Waals surface area contributed by atoms with Crippen LogP contribution in [0.3, 0.4) is 0 Å². The molecule has 1 aromatic carbocycles. The third kappa shape index (κ3) is 3.15. The molecule has 3 rings (SSSR count). The lowest BCUT2D eigenvalue weighted by Crippen LogP contribution is -2.05. The maximum Gasteiger partial charge on any atom is 0.174 e. The summed E-state index contributed by atoms with van der Waals surface area (Å²) >= 11 is 3.41. The number of nitriles is 1. The Balaban J connectivity index is 2.06. The molecule has 124 valence electrons. The molecule has 0 unspecified atom stereocenters. The van der Waals surface area contributed by atoms with E-state index in [9.17, 15) is 10.4 Å². The van der Waals surface area contributed by atoms with Crippen molar-refractivity contribution < 1.29 is 9.84 Å². The number of aryl methyl sites for hydroxylation is 1. The van der Waals surface area contributed by atoms with Crippen LogP contribution in [0.5, 0.6) is 11.5 Å². The molecule has 1 aliphatic rings. The van der Waals surface area contributed by atoms with E-state index < -0.39 is 0 Å². The summed E-state index contributed by atoms with van der Waals surface area (Å²) in [6.45, 7) is 0.830. The van der Waals surface area contributed by atoms with Crippen molar-refractivity contribution in [2.75, 3.05) is 7.11 Å². The molecule has 24 heavy (non-hydrogen) atoms. The Kier molecular flexibility index (Phi) is 4.86. The highest BCUT2D eigenvalue weighted by molar-refractivity contribution is 9.10. The van der Waals surface area contributed by atoms with Crippen LogP contribution >= 0.6 is 15.9 Å². The number of aromatic hydroxyl groups is 1. The van der Waals surface area contributed by atoms with E-state index in [-0.39, 0.29) is 5.75 Å². The van der Waals surface area contributed by atoms with Gasteiger partial charge in [0.05, 0.1) is 12.7 Å². The predicted octanol–water partition coefficient (Wildman–Crippen LogP) is 3.55. The Morgan fingerprint density at radius 1 is 1.38 bits per heavy atom. The number of benzene rings is 1. The Morgan fingerprint density at radius 3 is 2.96 bits per heavy atom. The quantitative estimate of drug-likeness (QED) is 0.812. The minimum atomic E-state index is 0.0383. The van der Waals surface area contributed by atoms with Gasteiger partial charge in [-0.3, -0.25) is 0 Å². The van der Waals surface area contributed by atoms with Crippen molar-refractivity contribution in [3.05, 3.63) is 33.8 Å². The summed E-state index contributed by atoms with van der Waals surface area (Å²) < 4.78 is 7.84. The molecule has 1 aliphatic heterocycles. The number of hydrogen-bond donors (Lipinski definition) is 1. The zero-order valence-corrected chi connectivity index (χ0v) is 14.9. The Bertz CT molecular complexity index is 836. The second-order valence-electron chi connectivity index (χ2n) is 5.62. The van der Waals surface area contributed by atoms with E-state index in [1.54, 1.807) is 18.2 Å². The number of phenolic OH excluding ortho intramolecular Hbond substituents is 1. The van der Waals surface area contributed by atoms with Gasteiger partial charge in [-0.2, -0.15) is 5.26 Å². The standard InChI is InChI=1S/C17H17BrN4O2/c1-24-15-8-11(13(18)9-14(15)23)7-12(10-19)17-21-20-16-5-3-2-4-6-22(16)17/h7-9,23H,2-6H2,1H3/b12-7+. The van der Waals surface area contributed by atoms with Gasteiger partial charge in [0.25, 0.3) is 0 Å². The van der Waals surface area contributed by atoms with Gasteiger partial charge in [-0.05, 0) is 36.6 Å². The molecule has 0 bridgehead atoms. The molecule has 0 spiro atoms. The topological polar surface area (TPSA) is 84.0 Å². The number of hydrogen-bond acceptors (Lipinski definition) is 5. The number of aromatic nitrogens is 3. The Hall–Kier alpha value is -2.33. The summed E-state index contributed by atoms with van der Waals surface area (Å²) in [5.41, 5.74) is 1.16. The zero-order chi connectivity index (χ0) is 17.1. The van der Waals surface area contributed by atoms with Gasteiger partial charge in [0.15, 0.2) is 17.3 Å². The number of methoxy groups -OCH3 is 1.